The van der Waals surface area contributed by atoms with E-state index >= 15 is 0 Å². The van der Waals surface area contributed by atoms with Crippen LogP contribution in [-0.4, -0.2) is 18.0 Å². The van der Waals surface area contributed by atoms with Crippen LogP contribution in [0.3, 0.4) is 0 Å². The summed E-state index contributed by atoms with van der Waals surface area (Å²) in [5.74, 6) is 0.803. The minimum Gasteiger partial charge on any atom is -0.296 e. The van der Waals surface area contributed by atoms with Gasteiger partial charge in [-0.05, 0) is 57.2 Å². The Morgan fingerprint density at radius 2 is 1.58 bits per heavy atom. The number of rotatable bonds is 5. The lowest BCUT2D eigenvalue weighted by molar-refractivity contribution is 0.150. The molecule has 1 aliphatic heterocycles. The van der Waals surface area contributed by atoms with Gasteiger partial charge in [-0.3, -0.25) is 4.90 Å². The molecule has 0 spiro atoms. The minimum atomic E-state index is 0.642. The Morgan fingerprint density at radius 3 is 2.16 bits per heavy atom. The van der Waals surface area contributed by atoms with Gasteiger partial charge < -0.3 is 0 Å². The Balaban J connectivity index is 2.10. The van der Waals surface area contributed by atoms with Crippen molar-refractivity contribution in [2.24, 2.45) is 5.92 Å². The number of aryl methyl sites for hydroxylation is 1. The second-order valence-electron chi connectivity index (χ2n) is 6.49. The molecule has 1 heterocycles. The van der Waals surface area contributed by atoms with Crippen molar-refractivity contribution < 1.29 is 0 Å². The molecule has 1 nitrogen and oxygen atoms in total. The zero-order valence-electron chi connectivity index (χ0n) is 12.9. The van der Waals surface area contributed by atoms with E-state index in [1.807, 2.05) is 0 Å². The lowest BCUT2D eigenvalue weighted by Crippen LogP contribution is -2.34. The van der Waals surface area contributed by atoms with Gasteiger partial charge in [-0.2, -0.15) is 0 Å². The monoisotopic (exact) mass is 259 g/mol. The highest BCUT2D eigenvalue weighted by Gasteiger charge is 2.22. The maximum absolute atomic E-state index is 2.72. The van der Waals surface area contributed by atoms with Gasteiger partial charge in [-0.25, -0.2) is 0 Å². The van der Waals surface area contributed by atoms with Crippen molar-refractivity contribution in [1.82, 2.24) is 4.90 Å². The lowest BCUT2D eigenvalue weighted by atomic mass is 9.94. The summed E-state index contributed by atoms with van der Waals surface area (Å²) in [6.07, 6.45) is 6.81. The predicted molar refractivity (Wildman–Crippen MR) is 83.4 cm³/mol. The number of hydrogen-bond acceptors (Lipinski definition) is 1. The van der Waals surface area contributed by atoms with E-state index in [1.54, 1.807) is 0 Å². The van der Waals surface area contributed by atoms with E-state index < -0.39 is 0 Å². The van der Waals surface area contributed by atoms with Crippen LogP contribution in [-0.2, 0) is 0 Å². The molecule has 0 aliphatic carbocycles. The van der Waals surface area contributed by atoms with Crippen molar-refractivity contribution in [3.8, 4) is 0 Å². The third-order valence-electron chi connectivity index (χ3n) is 4.31. The molecule has 1 aliphatic rings. The summed E-state index contributed by atoms with van der Waals surface area (Å²) in [6.45, 7) is 9.42. The quantitative estimate of drug-likeness (QED) is 0.722. The van der Waals surface area contributed by atoms with Crippen molar-refractivity contribution >= 4 is 0 Å². The Labute approximate surface area is 119 Å². The van der Waals surface area contributed by atoms with Crippen molar-refractivity contribution in [2.45, 2.75) is 58.9 Å². The predicted octanol–water partition coefficient (Wildman–Crippen LogP) is 4.96. The van der Waals surface area contributed by atoms with Gasteiger partial charge in [0.15, 0.2) is 0 Å². The van der Waals surface area contributed by atoms with Gasteiger partial charge in [-0.15, -0.1) is 0 Å². The standard InChI is InChI=1S/C18H29N/c1-15(2)7-12-18(19-13-5-4-6-14-19)17-10-8-16(3)9-11-17/h8-11,15,18H,4-7,12-14H2,1-3H3/t18-/m0/s1. The van der Waals surface area contributed by atoms with E-state index in [0.29, 0.717) is 6.04 Å². The molecule has 0 bridgehead atoms. The molecule has 1 heteroatoms. The molecular weight excluding hydrogens is 230 g/mol. The Morgan fingerprint density at radius 1 is 0.947 bits per heavy atom. The molecule has 1 aromatic rings. The fraction of sp³-hybridized carbons (Fsp3) is 0.667. The third-order valence-corrected chi connectivity index (χ3v) is 4.31. The van der Waals surface area contributed by atoms with Crippen LogP contribution in [0.25, 0.3) is 0 Å². The summed E-state index contributed by atoms with van der Waals surface area (Å²) in [5.41, 5.74) is 2.89. The summed E-state index contributed by atoms with van der Waals surface area (Å²) in [6, 6.07) is 9.86. The summed E-state index contributed by atoms with van der Waals surface area (Å²) in [7, 11) is 0. The maximum atomic E-state index is 2.72. The smallest absolute Gasteiger partial charge is 0.0348 e. The fourth-order valence-corrected chi connectivity index (χ4v) is 3.07. The molecule has 106 valence electrons. The molecule has 1 fully saturated rings. The molecule has 1 atom stereocenters. The number of hydrogen-bond donors (Lipinski definition) is 0. The molecule has 1 aromatic carbocycles. The van der Waals surface area contributed by atoms with Crippen molar-refractivity contribution in [1.29, 1.82) is 0 Å². The van der Waals surface area contributed by atoms with E-state index in [9.17, 15) is 0 Å². The van der Waals surface area contributed by atoms with Crippen LogP contribution >= 0.6 is 0 Å². The molecule has 0 radical (unpaired) electrons. The topological polar surface area (TPSA) is 3.24 Å². The van der Waals surface area contributed by atoms with Crippen LogP contribution in [0.5, 0.6) is 0 Å². The molecule has 0 aromatic heterocycles. The normalized spacial score (nSPS) is 18.7. The number of likely N-dealkylation sites (tertiary alicyclic amines) is 1. The highest BCUT2D eigenvalue weighted by molar-refractivity contribution is 5.24. The van der Waals surface area contributed by atoms with E-state index in [-0.39, 0.29) is 0 Å². The van der Waals surface area contributed by atoms with Crippen LogP contribution in [0.4, 0.5) is 0 Å². The first-order valence-corrected chi connectivity index (χ1v) is 7.97. The molecule has 0 amide bonds. The first-order valence-electron chi connectivity index (χ1n) is 7.97. The van der Waals surface area contributed by atoms with Gasteiger partial charge in [0.05, 0.1) is 0 Å². The van der Waals surface area contributed by atoms with Crippen molar-refractivity contribution in [3.05, 3.63) is 35.4 Å². The Bertz CT molecular complexity index is 360. The van der Waals surface area contributed by atoms with E-state index in [1.165, 1.54) is 56.3 Å². The molecule has 0 unspecified atom stereocenters. The summed E-state index contributed by atoms with van der Waals surface area (Å²) in [5, 5.41) is 0. The van der Waals surface area contributed by atoms with Crippen LogP contribution in [0.2, 0.25) is 0 Å². The van der Waals surface area contributed by atoms with Crippen molar-refractivity contribution in [3.63, 3.8) is 0 Å². The number of nitrogens with zero attached hydrogens (tertiary/aromatic N) is 1. The summed E-state index contributed by atoms with van der Waals surface area (Å²) < 4.78 is 0. The zero-order chi connectivity index (χ0) is 13.7. The third kappa shape index (κ3) is 4.35. The van der Waals surface area contributed by atoms with Crippen LogP contribution in [0, 0.1) is 12.8 Å². The van der Waals surface area contributed by atoms with Gasteiger partial charge in [0.2, 0.25) is 0 Å². The molecule has 1 saturated heterocycles. The molecule has 2 rings (SSSR count). The molecular formula is C18H29N. The van der Waals surface area contributed by atoms with E-state index in [4.69, 9.17) is 0 Å². The summed E-state index contributed by atoms with van der Waals surface area (Å²) >= 11 is 0. The maximum Gasteiger partial charge on any atom is 0.0348 e. The van der Waals surface area contributed by atoms with E-state index in [2.05, 4.69) is 49.9 Å². The fourth-order valence-electron chi connectivity index (χ4n) is 3.07. The zero-order valence-corrected chi connectivity index (χ0v) is 12.9. The van der Waals surface area contributed by atoms with Gasteiger partial charge in [-0.1, -0.05) is 50.1 Å². The van der Waals surface area contributed by atoms with Crippen LogP contribution in [0.15, 0.2) is 24.3 Å². The molecule has 0 saturated carbocycles. The SMILES string of the molecule is Cc1ccc([C@H](CCC(C)C)N2CCCCC2)cc1. The van der Waals surface area contributed by atoms with Gasteiger partial charge in [0.25, 0.3) is 0 Å². The average Bonchev–Trinajstić information content (AvgIpc) is 2.42. The van der Waals surface area contributed by atoms with Crippen LogP contribution in [0.1, 0.15) is 63.1 Å². The summed E-state index contributed by atoms with van der Waals surface area (Å²) in [4.78, 5) is 2.72. The molecule has 0 N–H and O–H groups in total. The Hall–Kier alpha value is -0.820. The highest BCUT2D eigenvalue weighted by Crippen LogP contribution is 2.30. The molecule has 19 heavy (non-hydrogen) atoms. The van der Waals surface area contributed by atoms with Gasteiger partial charge >= 0.3 is 0 Å². The first-order chi connectivity index (χ1) is 9.16. The van der Waals surface area contributed by atoms with Crippen molar-refractivity contribution in [2.75, 3.05) is 13.1 Å². The van der Waals surface area contributed by atoms with Gasteiger partial charge in [0.1, 0.15) is 0 Å². The largest absolute Gasteiger partial charge is 0.296 e. The van der Waals surface area contributed by atoms with E-state index in [0.717, 1.165) is 5.92 Å². The minimum absolute atomic E-state index is 0.642. The second-order valence-corrected chi connectivity index (χ2v) is 6.49. The second kappa shape index (κ2) is 7.09. The number of benzene rings is 1. The highest BCUT2D eigenvalue weighted by atomic mass is 15.2. The van der Waals surface area contributed by atoms with Gasteiger partial charge in [0, 0.05) is 6.04 Å². The lowest BCUT2D eigenvalue weighted by Gasteiger charge is -2.35. The Kier molecular flexibility index (Phi) is 5.45. The average molecular weight is 259 g/mol. The van der Waals surface area contributed by atoms with Crippen LogP contribution < -0.4 is 0 Å². The first kappa shape index (κ1) is 14.6. The number of piperidine rings is 1.